The number of hydrogen-bond donors (Lipinski definition) is 0. The molecule has 0 N–H and O–H groups in total. The SMILES string of the molecule is CCOc1cc(Br)c(Cl)c2ccsc12. The van der Waals surface area contributed by atoms with Gasteiger partial charge in [0.15, 0.2) is 0 Å². The highest BCUT2D eigenvalue weighted by molar-refractivity contribution is 9.10. The minimum absolute atomic E-state index is 0.668. The first-order valence-corrected chi connectivity index (χ1v) is 6.27. The minimum atomic E-state index is 0.668. The second kappa shape index (κ2) is 4.09. The molecule has 0 atom stereocenters. The van der Waals surface area contributed by atoms with Gasteiger partial charge in [-0.25, -0.2) is 0 Å². The van der Waals surface area contributed by atoms with E-state index in [1.807, 2.05) is 24.4 Å². The maximum Gasteiger partial charge on any atom is 0.138 e. The molecule has 1 aromatic carbocycles. The molecule has 74 valence electrons. The Morgan fingerprint density at radius 2 is 2.36 bits per heavy atom. The van der Waals surface area contributed by atoms with Gasteiger partial charge in [-0.15, -0.1) is 11.3 Å². The number of rotatable bonds is 2. The second-order valence-electron chi connectivity index (χ2n) is 2.77. The van der Waals surface area contributed by atoms with E-state index in [-0.39, 0.29) is 0 Å². The van der Waals surface area contributed by atoms with Crippen LogP contribution in [-0.4, -0.2) is 6.61 Å². The topological polar surface area (TPSA) is 9.23 Å². The molecule has 2 rings (SSSR count). The molecule has 0 aliphatic rings. The number of ether oxygens (including phenoxy) is 1. The first-order chi connectivity index (χ1) is 6.74. The predicted octanol–water partition coefficient (Wildman–Crippen LogP) is 4.72. The highest BCUT2D eigenvalue weighted by atomic mass is 79.9. The van der Waals surface area contributed by atoms with Crippen LogP contribution in [0.1, 0.15) is 6.92 Å². The summed E-state index contributed by atoms with van der Waals surface area (Å²) < 4.78 is 7.53. The van der Waals surface area contributed by atoms with Crippen LogP contribution in [0.4, 0.5) is 0 Å². The van der Waals surface area contributed by atoms with E-state index in [9.17, 15) is 0 Å². The van der Waals surface area contributed by atoms with Gasteiger partial charge >= 0.3 is 0 Å². The molecule has 14 heavy (non-hydrogen) atoms. The van der Waals surface area contributed by atoms with Gasteiger partial charge in [0.1, 0.15) is 5.75 Å². The molecule has 0 saturated heterocycles. The Balaban J connectivity index is 2.71. The van der Waals surface area contributed by atoms with Crippen LogP contribution in [0.5, 0.6) is 5.75 Å². The van der Waals surface area contributed by atoms with Gasteiger partial charge in [-0.2, -0.15) is 0 Å². The Morgan fingerprint density at radius 3 is 3.07 bits per heavy atom. The molecule has 0 unspecified atom stereocenters. The molecule has 0 aliphatic carbocycles. The summed E-state index contributed by atoms with van der Waals surface area (Å²) in [7, 11) is 0. The Kier molecular flexibility index (Phi) is 3.00. The number of fused-ring (bicyclic) bond motifs is 1. The number of thiophene rings is 1. The molecule has 0 fully saturated rings. The van der Waals surface area contributed by atoms with Crippen molar-refractivity contribution in [2.75, 3.05) is 6.61 Å². The molecule has 0 amide bonds. The van der Waals surface area contributed by atoms with Crippen molar-refractivity contribution in [3.8, 4) is 5.75 Å². The summed E-state index contributed by atoms with van der Waals surface area (Å²) >= 11 is 11.2. The Morgan fingerprint density at radius 1 is 1.57 bits per heavy atom. The van der Waals surface area contributed by atoms with Crippen LogP contribution >= 0.6 is 38.9 Å². The van der Waals surface area contributed by atoms with Gasteiger partial charge in [0.25, 0.3) is 0 Å². The molecule has 0 saturated carbocycles. The summed E-state index contributed by atoms with van der Waals surface area (Å²) in [6.07, 6.45) is 0. The summed E-state index contributed by atoms with van der Waals surface area (Å²) in [4.78, 5) is 0. The zero-order chi connectivity index (χ0) is 10.1. The summed E-state index contributed by atoms with van der Waals surface area (Å²) in [5.41, 5.74) is 0. The smallest absolute Gasteiger partial charge is 0.138 e. The van der Waals surface area contributed by atoms with E-state index in [4.69, 9.17) is 16.3 Å². The van der Waals surface area contributed by atoms with Crippen molar-refractivity contribution in [2.24, 2.45) is 0 Å². The van der Waals surface area contributed by atoms with Gasteiger partial charge in [0, 0.05) is 9.86 Å². The van der Waals surface area contributed by atoms with Crippen LogP contribution in [0.2, 0.25) is 5.02 Å². The van der Waals surface area contributed by atoms with Crippen LogP contribution < -0.4 is 4.74 Å². The van der Waals surface area contributed by atoms with E-state index >= 15 is 0 Å². The van der Waals surface area contributed by atoms with Crippen LogP contribution in [0, 0.1) is 0 Å². The summed E-state index contributed by atoms with van der Waals surface area (Å²) in [6, 6.07) is 3.93. The fraction of sp³-hybridized carbons (Fsp3) is 0.200. The van der Waals surface area contributed by atoms with Crippen LogP contribution in [0.15, 0.2) is 22.0 Å². The fourth-order valence-corrected chi connectivity index (χ4v) is 2.87. The Labute approximate surface area is 99.8 Å². The summed E-state index contributed by atoms with van der Waals surface area (Å²) in [5.74, 6) is 0.897. The summed E-state index contributed by atoms with van der Waals surface area (Å²) in [5, 5.41) is 3.82. The van der Waals surface area contributed by atoms with E-state index in [1.54, 1.807) is 11.3 Å². The first-order valence-electron chi connectivity index (χ1n) is 4.22. The molecule has 1 aromatic heterocycles. The molecule has 0 radical (unpaired) electrons. The molecule has 0 spiro atoms. The van der Waals surface area contributed by atoms with Crippen molar-refractivity contribution >= 4 is 49.0 Å². The van der Waals surface area contributed by atoms with Gasteiger partial charge in [-0.05, 0) is 40.4 Å². The average molecular weight is 292 g/mol. The zero-order valence-corrected chi connectivity index (χ0v) is 10.7. The van der Waals surface area contributed by atoms with Gasteiger partial charge in [0.05, 0.1) is 16.3 Å². The minimum Gasteiger partial charge on any atom is -0.492 e. The molecular formula is C10H8BrClOS. The van der Waals surface area contributed by atoms with Crippen molar-refractivity contribution < 1.29 is 4.74 Å². The lowest BCUT2D eigenvalue weighted by Gasteiger charge is -2.06. The molecule has 1 heterocycles. The quantitative estimate of drug-likeness (QED) is 0.778. The molecule has 1 nitrogen and oxygen atoms in total. The van der Waals surface area contributed by atoms with E-state index in [0.29, 0.717) is 6.61 Å². The number of hydrogen-bond acceptors (Lipinski definition) is 2. The maximum atomic E-state index is 6.14. The maximum absolute atomic E-state index is 6.14. The third kappa shape index (κ3) is 1.64. The predicted molar refractivity (Wildman–Crippen MR) is 65.7 cm³/mol. The highest BCUT2D eigenvalue weighted by Gasteiger charge is 2.10. The average Bonchev–Trinajstić information content (AvgIpc) is 2.63. The Hall–Kier alpha value is -0.250. The van der Waals surface area contributed by atoms with E-state index in [1.165, 1.54) is 0 Å². The van der Waals surface area contributed by atoms with E-state index in [2.05, 4.69) is 15.9 Å². The van der Waals surface area contributed by atoms with Gasteiger partial charge in [-0.1, -0.05) is 11.6 Å². The van der Waals surface area contributed by atoms with Gasteiger partial charge in [-0.3, -0.25) is 0 Å². The van der Waals surface area contributed by atoms with Gasteiger partial charge < -0.3 is 4.74 Å². The van der Waals surface area contributed by atoms with Crippen molar-refractivity contribution in [3.63, 3.8) is 0 Å². The monoisotopic (exact) mass is 290 g/mol. The normalized spacial score (nSPS) is 10.8. The third-order valence-electron chi connectivity index (χ3n) is 1.89. The first kappa shape index (κ1) is 10.3. The van der Waals surface area contributed by atoms with Crippen molar-refractivity contribution in [2.45, 2.75) is 6.92 Å². The van der Waals surface area contributed by atoms with Crippen molar-refractivity contribution in [1.82, 2.24) is 0 Å². The molecule has 4 heteroatoms. The van der Waals surface area contributed by atoms with Crippen molar-refractivity contribution in [1.29, 1.82) is 0 Å². The van der Waals surface area contributed by atoms with Crippen molar-refractivity contribution in [3.05, 3.63) is 27.0 Å². The third-order valence-corrected chi connectivity index (χ3v) is 4.08. The number of benzene rings is 1. The lowest BCUT2D eigenvalue weighted by Crippen LogP contribution is -1.91. The largest absolute Gasteiger partial charge is 0.492 e. The van der Waals surface area contributed by atoms with Crippen LogP contribution in [0.3, 0.4) is 0 Å². The second-order valence-corrected chi connectivity index (χ2v) is 4.92. The Bertz CT molecular complexity index is 466. The number of halogens is 2. The lowest BCUT2D eigenvalue weighted by molar-refractivity contribution is 0.344. The molecule has 2 aromatic rings. The van der Waals surface area contributed by atoms with E-state index < -0.39 is 0 Å². The lowest BCUT2D eigenvalue weighted by atomic mass is 10.2. The van der Waals surface area contributed by atoms with Crippen LogP contribution in [-0.2, 0) is 0 Å². The standard InChI is InChI=1S/C10H8BrClOS/c1-2-13-8-5-7(11)9(12)6-3-4-14-10(6)8/h3-5H,2H2,1H3. The zero-order valence-electron chi connectivity index (χ0n) is 7.51. The molecule has 0 aliphatic heterocycles. The van der Waals surface area contributed by atoms with Gasteiger partial charge in [0.2, 0.25) is 0 Å². The molecule has 0 bridgehead atoms. The van der Waals surface area contributed by atoms with E-state index in [0.717, 1.165) is 25.3 Å². The summed E-state index contributed by atoms with van der Waals surface area (Å²) in [6.45, 7) is 2.64. The molecular weight excluding hydrogens is 284 g/mol. The fourth-order valence-electron chi connectivity index (χ4n) is 1.31. The highest BCUT2D eigenvalue weighted by Crippen LogP contribution is 2.40. The van der Waals surface area contributed by atoms with Crippen LogP contribution in [0.25, 0.3) is 10.1 Å².